The van der Waals surface area contributed by atoms with Gasteiger partial charge in [-0.25, -0.2) is 0 Å². The van der Waals surface area contributed by atoms with Crippen LogP contribution in [0.2, 0.25) is 0 Å². The summed E-state index contributed by atoms with van der Waals surface area (Å²) >= 11 is 0. The van der Waals surface area contributed by atoms with Gasteiger partial charge in [0.15, 0.2) is 0 Å². The first-order valence-electron chi connectivity index (χ1n) is 8.46. The molecule has 0 heterocycles. The molecule has 0 atom stereocenters. The lowest BCUT2D eigenvalue weighted by atomic mass is 9.81. The average molecular weight is 290 g/mol. The normalized spacial score (nSPS) is 11.7. The molecule has 0 aromatic heterocycles. The van der Waals surface area contributed by atoms with E-state index in [0.29, 0.717) is 5.41 Å². The maximum atomic E-state index is 3.63. The fraction of sp³-hybridized carbons (Fsp3) is 0.684. The lowest BCUT2D eigenvalue weighted by molar-refractivity contribution is 0.256. The lowest BCUT2D eigenvalue weighted by Gasteiger charge is -2.37. The molecule has 0 amide bonds. The molecule has 0 saturated carbocycles. The van der Waals surface area contributed by atoms with Crippen molar-refractivity contribution in [2.45, 2.75) is 53.9 Å². The van der Waals surface area contributed by atoms with Crippen LogP contribution < -0.4 is 10.2 Å². The summed E-state index contributed by atoms with van der Waals surface area (Å²) in [5, 5.41) is 3.63. The van der Waals surface area contributed by atoms with Gasteiger partial charge < -0.3 is 10.2 Å². The molecule has 0 saturated heterocycles. The van der Waals surface area contributed by atoms with Crippen molar-refractivity contribution in [1.29, 1.82) is 0 Å². The number of nitrogens with zero attached hydrogens (tertiary/aromatic N) is 1. The number of benzene rings is 1. The van der Waals surface area contributed by atoms with Gasteiger partial charge in [0.1, 0.15) is 0 Å². The first kappa shape index (κ1) is 18.0. The summed E-state index contributed by atoms with van der Waals surface area (Å²) in [6.07, 6.45) is 3.64. The molecule has 0 aliphatic heterocycles. The Morgan fingerprint density at radius 1 is 1.00 bits per heavy atom. The summed E-state index contributed by atoms with van der Waals surface area (Å²) in [4.78, 5) is 2.43. The van der Waals surface area contributed by atoms with E-state index >= 15 is 0 Å². The van der Waals surface area contributed by atoms with Gasteiger partial charge in [-0.15, -0.1) is 0 Å². The van der Waals surface area contributed by atoms with Crippen molar-refractivity contribution in [3.05, 3.63) is 29.3 Å². The van der Waals surface area contributed by atoms with Gasteiger partial charge in [0.2, 0.25) is 0 Å². The Kier molecular flexibility index (Phi) is 7.24. The van der Waals surface area contributed by atoms with Gasteiger partial charge in [-0.3, -0.25) is 0 Å². The number of nitrogens with one attached hydrogen (secondary N) is 1. The maximum Gasteiger partial charge on any atom is 0.0369 e. The minimum atomic E-state index is 0.363. The smallest absolute Gasteiger partial charge is 0.0369 e. The summed E-state index contributed by atoms with van der Waals surface area (Å²) in [6, 6.07) is 6.83. The minimum absolute atomic E-state index is 0.363. The molecular weight excluding hydrogens is 256 g/mol. The number of hydrogen-bond acceptors (Lipinski definition) is 2. The molecule has 1 aromatic carbocycles. The summed E-state index contributed by atoms with van der Waals surface area (Å²) in [6.45, 7) is 14.6. The molecule has 120 valence electrons. The molecule has 0 aliphatic carbocycles. The van der Waals surface area contributed by atoms with Gasteiger partial charge in [0.25, 0.3) is 0 Å². The van der Waals surface area contributed by atoms with Crippen LogP contribution >= 0.6 is 0 Å². The highest BCUT2D eigenvalue weighted by atomic mass is 15.1. The molecule has 2 nitrogen and oxygen atoms in total. The minimum Gasteiger partial charge on any atom is -0.374 e. The van der Waals surface area contributed by atoms with Gasteiger partial charge in [0, 0.05) is 25.8 Å². The summed E-state index contributed by atoms with van der Waals surface area (Å²) in [5.74, 6) is 0. The Labute approximate surface area is 131 Å². The van der Waals surface area contributed by atoms with Crippen LogP contribution in [-0.2, 0) is 0 Å². The topological polar surface area (TPSA) is 15.3 Å². The SMILES string of the molecule is CCCNCC(CC)(CC)CN(C)c1cc(C)cc(C)c1. The monoisotopic (exact) mass is 290 g/mol. The zero-order valence-corrected chi connectivity index (χ0v) is 14.9. The molecule has 2 heteroatoms. The average Bonchev–Trinajstić information content (AvgIpc) is 2.45. The van der Waals surface area contributed by atoms with Crippen molar-refractivity contribution in [1.82, 2.24) is 5.32 Å². The highest BCUT2D eigenvalue weighted by Crippen LogP contribution is 2.29. The number of anilines is 1. The van der Waals surface area contributed by atoms with Gasteiger partial charge >= 0.3 is 0 Å². The van der Waals surface area contributed by atoms with Crippen molar-refractivity contribution in [2.24, 2.45) is 5.41 Å². The molecule has 0 aliphatic rings. The fourth-order valence-corrected chi connectivity index (χ4v) is 3.08. The van der Waals surface area contributed by atoms with E-state index in [1.54, 1.807) is 0 Å². The molecule has 0 unspecified atom stereocenters. The second kappa shape index (κ2) is 8.43. The molecule has 21 heavy (non-hydrogen) atoms. The summed E-state index contributed by atoms with van der Waals surface area (Å²) in [5.41, 5.74) is 4.40. The quantitative estimate of drug-likeness (QED) is 0.671. The zero-order chi connectivity index (χ0) is 15.9. The Balaban J connectivity index is 2.81. The second-order valence-electron chi connectivity index (χ2n) is 6.59. The third-order valence-corrected chi connectivity index (χ3v) is 4.65. The third kappa shape index (κ3) is 5.35. The summed E-state index contributed by atoms with van der Waals surface area (Å²) < 4.78 is 0. The van der Waals surface area contributed by atoms with Crippen molar-refractivity contribution in [3.63, 3.8) is 0 Å². The molecule has 0 spiro atoms. The molecular formula is C19H34N2. The zero-order valence-electron chi connectivity index (χ0n) is 14.9. The van der Waals surface area contributed by atoms with Crippen LogP contribution in [0.1, 0.15) is 51.2 Å². The Hall–Kier alpha value is -1.02. The van der Waals surface area contributed by atoms with Crippen LogP contribution in [0.25, 0.3) is 0 Å². The van der Waals surface area contributed by atoms with Gasteiger partial charge in [-0.05, 0) is 68.3 Å². The standard InChI is InChI=1S/C19H34N2/c1-7-10-20-14-19(8-2,9-3)15-21(6)18-12-16(4)11-17(5)13-18/h11-13,20H,7-10,14-15H2,1-6H3. The number of aryl methyl sites for hydroxylation is 2. The van der Waals surface area contributed by atoms with E-state index in [1.165, 1.54) is 36.1 Å². The lowest BCUT2D eigenvalue weighted by Crippen LogP contribution is -2.42. The Bertz CT molecular complexity index is 401. The van der Waals surface area contributed by atoms with E-state index in [1.807, 2.05) is 0 Å². The first-order chi connectivity index (χ1) is 9.96. The van der Waals surface area contributed by atoms with Crippen LogP contribution in [-0.4, -0.2) is 26.7 Å². The van der Waals surface area contributed by atoms with Gasteiger partial charge in [0.05, 0.1) is 0 Å². The van der Waals surface area contributed by atoms with E-state index in [4.69, 9.17) is 0 Å². The van der Waals surface area contributed by atoms with Gasteiger partial charge in [-0.2, -0.15) is 0 Å². The molecule has 0 radical (unpaired) electrons. The largest absolute Gasteiger partial charge is 0.374 e. The van der Waals surface area contributed by atoms with Gasteiger partial charge in [-0.1, -0.05) is 26.8 Å². The number of hydrogen-bond donors (Lipinski definition) is 1. The summed E-state index contributed by atoms with van der Waals surface area (Å²) in [7, 11) is 2.23. The van der Waals surface area contributed by atoms with Crippen molar-refractivity contribution >= 4 is 5.69 Å². The van der Waals surface area contributed by atoms with Crippen LogP contribution in [0.5, 0.6) is 0 Å². The molecule has 0 bridgehead atoms. The third-order valence-electron chi connectivity index (χ3n) is 4.65. The van der Waals surface area contributed by atoms with Crippen LogP contribution in [0.4, 0.5) is 5.69 Å². The molecule has 1 N–H and O–H groups in total. The predicted octanol–water partition coefficient (Wildman–Crippen LogP) is 4.55. The van der Waals surface area contributed by atoms with E-state index in [-0.39, 0.29) is 0 Å². The number of rotatable bonds is 9. The van der Waals surface area contributed by atoms with E-state index in [2.05, 4.69) is 70.1 Å². The Morgan fingerprint density at radius 2 is 1.57 bits per heavy atom. The fourth-order valence-electron chi connectivity index (χ4n) is 3.08. The highest BCUT2D eigenvalue weighted by molar-refractivity contribution is 5.50. The van der Waals surface area contributed by atoms with Crippen molar-refractivity contribution in [2.75, 3.05) is 31.6 Å². The molecule has 1 rings (SSSR count). The second-order valence-corrected chi connectivity index (χ2v) is 6.59. The van der Waals surface area contributed by atoms with Crippen molar-refractivity contribution in [3.8, 4) is 0 Å². The van der Waals surface area contributed by atoms with Crippen LogP contribution in [0, 0.1) is 19.3 Å². The van der Waals surface area contributed by atoms with E-state index < -0.39 is 0 Å². The highest BCUT2D eigenvalue weighted by Gasteiger charge is 2.27. The first-order valence-corrected chi connectivity index (χ1v) is 8.46. The van der Waals surface area contributed by atoms with Crippen molar-refractivity contribution < 1.29 is 0 Å². The molecule has 0 fully saturated rings. The Morgan fingerprint density at radius 3 is 2.05 bits per heavy atom. The predicted molar refractivity (Wildman–Crippen MR) is 95.4 cm³/mol. The maximum absolute atomic E-state index is 3.63. The van der Waals surface area contributed by atoms with Crippen LogP contribution in [0.3, 0.4) is 0 Å². The molecule has 1 aromatic rings. The van der Waals surface area contributed by atoms with E-state index in [0.717, 1.165) is 19.6 Å². The van der Waals surface area contributed by atoms with E-state index in [9.17, 15) is 0 Å². The van der Waals surface area contributed by atoms with Crippen LogP contribution in [0.15, 0.2) is 18.2 Å².